The molecule has 0 saturated heterocycles. The molecule has 0 bridgehead atoms. The van der Waals surface area contributed by atoms with Crippen LogP contribution < -0.4 is 5.32 Å². The molecule has 0 aromatic carbocycles. The number of nitrogens with one attached hydrogen (secondary N) is 1. The van der Waals surface area contributed by atoms with Crippen molar-refractivity contribution in [3.05, 3.63) is 48.3 Å². The summed E-state index contributed by atoms with van der Waals surface area (Å²) in [4.78, 5) is 13.0. The van der Waals surface area contributed by atoms with Crippen LogP contribution in [-0.4, -0.2) is 34.5 Å². The van der Waals surface area contributed by atoms with E-state index in [2.05, 4.69) is 30.5 Å². The van der Waals surface area contributed by atoms with Crippen molar-refractivity contribution in [3.63, 3.8) is 0 Å². The summed E-state index contributed by atoms with van der Waals surface area (Å²) in [5, 5.41) is 13.0. The molecule has 0 spiro atoms. The van der Waals surface area contributed by atoms with Crippen molar-refractivity contribution in [1.82, 2.24) is 34.5 Å². The van der Waals surface area contributed by atoms with Crippen molar-refractivity contribution in [3.8, 4) is 5.82 Å². The Hall–Kier alpha value is -3.29. The molecule has 0 amide bonds. The van der Waals surface area contributed by atoms with E-state index in [0.717, 1.165) is 22.5 Å². The molecular weight excluding hydrogens is 304 g/mol. The zero-order valence-corrected chi connectivity index (χ0v) is 13.6. The third-order valence-electron chi connectivity index (χ3n) is 3.98. The van der Waals surface area contributed by atoms with Gasteiger partial charge < -0.3 is 5.32 Å². The minimum atomic E-state index is 0.696. The first-order valence-corrected chi connectivity index (χ1v) is 7.52. The first kappa shape index (κ1) is 14.3. The van der Waals surface area contributed by atoms with Crippen LogP contribution in [0.1, 0.15) is 11.4 Å². The van der Waals surface area contributed by atoms with Gasteiger partial charge in [0, 0.05) is 13.2 Å². The molecule has 0 atom stereocenters. The molecule has 120 valence electrons. The Morgan fingerprint density at radius 1 is 1.08 bits per heavy atom. The molecule has 0 aliphatic rings. The van der Waals surface area contributed by atoms with Crippen LogP contribution >= 0.6 is 0 Å². The summed E-state index contributed by atoms with van der Waals surface area (Å²) in [7, 11) is 1.92. The number of fused-ring (bicyclic) bond motifs is 1. The summed E-state index contributed by atoms with van der Waals surface area (Å²) in [5.74, 6) is 1.41. The minimum Gasteiger partial charge on any atom is -0.337 e. The molecule has 8 nitrogen and oxygen atoms in total. The van der Waals surface area contributed by atoms with E-state index in [4.69, 9.17) is 0 Å². The zero-order chi connectivity index (χ0) is 16.7. The summed E-state index contributed by atoms with van der Waals surface area (Å²) in [6.45, 7) is 3.98. The van der Waals surface area contributed by atoms with E-state index in [1.807, 2.05) is 43.8 Å². The van der Waals surface area contributed by atoms with Gasteiger partial charge in [0.1, 0.15) is 12.1 Å². The highest BCUT2D eigenvalue weighted by Crippen LogP contribution is 2.27. The maximum absolute atomic E-state index is 4.42. The first-order chi connectivity index (χ1) is 11.6. The summed E-state index contributed by atoms with van der Waals surface area (Å²) in [5.41, 5.74) is 3.60. The van der Waals surface area contributed by atoms with E-state index in [9.17, 15) is 0 Å². The predicted octanol–water partition coefficient (Wildman–Crippen LogP) is 2.30. The standard InChI is InChI=1S/C16H16N8/c1-10-14(11(2)23(3)22-10)21-15-12-8-20-24(16(12)19-9-18-15)13-6-4-5-7-17-13/h4-9H,1-3H3,(H,18,19,21). The topological polar surface area (TPSA) is 86.3 Å². The molecule has 8 heteroatoms. The van der Waals surface area contributed by atoms with Gasteiger partial charge in [-0.1, -0.05) is 6.07 Å². The van der Waals surface area contributed by atoms with Crippen molar-refractivity contribution in [2.45, 2.75) is 13.8 Å². The highest BCUT2D eigenvalue weighted by Gasteiger charge is 2.15. The molecule has 0 fully saturated rings. The van der Waals surface area contributed by atoms with Gasteiger partial charge in [-0.25, -0.2) is 15.0 Å². The molecule has 0 saturated carbocycles. The number of pyridine rings is 1. The highest BCUT2D eigenvalue weighted by atomic mass is 15.3. The Labute approximate surface area is 138 Å². The van der Waals surface area contributed by atoms with E-state index in [0.29, 0.717) is 17.3 Å². The van der Waals surface area contributed by atoms with Crippen LogP contribution in [-0.2, 0) is 7.05 Å². The van der Waals surface area contributed by atoms with Gasteiger partial charge in [0.2, 0.25) is 0 Å². The average molecular weight is 320 g/mol. The van der Waals surface area contributed by atoms with Crippen molar-refractivity contribution in [2.24, 2.45) is 7.05 Å². The number of hydrogen-bond donors (Lipinski definition) is 1. The monoisotopic (exact) mass is 320 g/mol. The Balaban J connectivity index is 1.82. The molecule has 0 aliphatic carbocycles. The van der Waals surface area contributed by atoms with Gasteiger partial charge in [-0.3, -0.25) is 4.68 Å². The second-order valence-electron chi connectivity index (χ2n) is 5.50. The summed E-state index contributed by atoms with van der Waals surface area (Å²) in [6, 6.07) is 5.67. The minimum absolute atomic E-state index is 0.696. The van der Waals surface area contributed by atoms with Gasteiger partial charge >= 0.3 is 0 Å². The summed E-state index contributed by atoms with van der Waals surface area (Å²) >= 11 is 0. The van der Waals surface area contributed by atoms with Crippen LogP contribution in [0.15, 0.2) is 36.9 Å². The number of rotatable bonds is 3. The van der Waals surface area contributed by atoms with E-state index in [1.54, 1.807) is 17.1 Å². The maximum Gasteiger partial charge on any atom is 0.170 e. The van der Waals surface area contributed by atoms with E-state index in [1.165, 1.54) is 6.33 Å². The molecule has 4 aromatic rings. The second kappa shape index (κ2) is 5.41. The van der Waals surface area contributed by atoms with Gasteiger partial charge in [0.25, 0.3) is 0 Å². The SMILES string of the molecule is Cc1nn(C)c(C)c1Nc1ncnc2c1cnn2-c1ccccn1. The molecular formula is C16H16N8. The lowest BCUT2D eigenvalue weighted by Gasteiger charge is -2.07. The first-order valence-electron chi connectivity index (χ1n) is 7.52. The largest absolute Gasteiger partial charge is 0.337 e. The van der Waals surface area contributed by atoms with Crippen LogP contribution in [0, 0.1) is 13.8 Å². The molecule has 4 rings (SSSR count). The molecule has 4 heterocycles. The Morgan fingerprint density at radius 2 is 1.96 bits per heavy atom. The van der Waals surface area contributed by atoms with Gasteiger partial charge in [-0.15, -0.1) is 0 Å². The third kappa shape index (κ3) is 2.19. The predicted molar refractivity (Wildman–Crippen MR) is 90.4 cm³/mol. The van der Waals surface area contributed by atoms with Crippen molar-refractivity contribution in [1.29, 1.82) is 0 Å². The van der Waals surface area contributed by atoms with Gasteiger partial charge in [0.05, 0.1) is 28.7 Å². The fourth-order valence-electron chi connectivity index (χ4n) is 2.66. The molecule has 24 heavy (non-hydrogen) atoms. The van der Waals surface area contributed by atoms with E-state index >= 15 is 0 Å². The van der Waals surface area contributed by atoms with Crippen molar-refractivity contribution < 1.29 is 0 Å². The average Bonchev–Trinajstić information content (AvgIpc) is 3.13. The van der Waals surface area contributed by atoms with Gasteiger partial charge in [-0.2, -0.15) is 14.9 Å². The Kier molecular flexibility index (Phi) is 3.23. The second-order valence-corrected chi connectivity index (χ2v) is 5.50. The van der Waals surface area contributed by atoms with Crippen LogP contribution in [0.2, 0.25) is 0 Å². The maximum atomic E-state index is 4.42. The van der Waals surface area contributed by atoms with Crippen molar-refractivity contribution >= 4 is 22.5 Å². The lowest BCUT2D eigenvalue weighted by Crippen LogP contribution is -2.01. The van der Waals surface area contributed by atoms with Crippen LogP contribution in [0.5, 0.6) is 0 Å². The van der Waals surface area contributed by atoms with Crippen LogP contribution in [0.3, 0.4) is 0 Å². The molecule has 4 aromatic heterocycles. The number of anilines is 2. The number of aromatic nitrogens is 7. The molecule has 0 aliphatic heterocycles. The van der Waals surface area contributed by atoms with E-state index < -0.39 is 0 Å². The van der Waals surface area contributed by atoms with Crippen molar-refractivity contribution in [2.75, 3.05) is 5.32 Å². The molecule has 0 radical (unpaired) electrons. The van der Waals surface area contributed by atoms with Crippen LogP contribution in [0.4, 0.5) is 11.5 Å². The normalized spacial score (nSPS) is 11.1. The molecule has 0 unspecified atom stereocenters. The lowest BCUT2D eigenvalue weighted by atomic mass is 10.3. The number of hydrogen-bond acceptors (Lipinski definition) is 6. The highest BCUT2D eigenvalue weighted by molar-refractivity contribution is 5.89. The Morgan fingerprint density at radius 3 is 2.67 bits per heavy atom. The smallest absolute Gasteiger partial charge is 0.170 e. The lowest BCUT2D eigenvalue weighted by molar-refractivity contribution is 0.731. The third-order valence-corrected chi connectivity index (χ3v) is 3.98. The summed E-state index contributed by atoms with van der Waals surface area (Å²) in [6.07, 6.45) is 4.99. The Bertz CT molecular complexity index is 1020. The quantitative estimate of drug-likeness (QED) is 0.623. The fraction of sp³-hybridized carbons (Fsp3) is 0.188. The molecule has 1 N–H and O–H groups in total. The van der Waals surface area contributed by atoms with Crippen LogP contribution in [0.25, 0.3) is 16.9 Å². The van der Waals surface area contributed by atoms with Gasteiger partial charge in [-0.05, 0) is 26.0 Å². The summed E-state index contributed by atoms with van der Waals surface area (Å²) < 4.78 is 3.54. The zero-order valence-electron chi connectivity index (χ0n) is 13.6. The number of aryl methyl sites for hydroxylation is 2. The van der Waals surface area contributed by atoms with E-state index in [-0.39, 0.29) is 0 Å². The van der Waals surface area contributed by atoms with Gasteiger partial charge in [0.15, 0.2) is 11.5 Å². The fourth-order valence-corrected chi connectivity index (χ4v) is 2.66. The number of nitrogens with zero attached hydrogens (tertiary/aromatic N) is 7.